The summed E-state index contributed by atoms with van der Waals surface area (Å²) in [5.74, 6) is 0.442. The van der Waals surface area contributed by atoms with Gasteiger partial charge in [0.1, 0.15) is 3.70 Å². The highest BCUT2D eigenvalue weighted by Crippen LogP contribution is 2.28. The quantitative estimate of drug-likeness (QED) is 0.593. The molecular formula is C11H15IN2O2S. The van der Waals surface area contributed by atoms with E-state index in [0.29, 0.717) is 19.0 Å². The first-order chi connectivity index (χ1) is 7.97. The summed E-state index contributed by atoms with van der Waals surface area (Å²) in [4.78, 5) is 4.28. The van der Waals surface area contributed by atoms with Gasteiger partial charge in [-0.3, -0.25) is 4.98 Å². The van der Waals surface area contributed by atoms with E-state index in [-0.39, 0.29) is 0 Å². The van der Waals surface area contributed by atoms with Gasteiger partial charge in [-0.25, -0.2) is 12.7 Å². The molecule has 0 aromatic carbocycles. The van der Waals surface area contributed by atoms with Crippen LogP contribution in [0.4, 0.5) is 0 Å². The zero-order valence-corrected chi connectivity index (χ0v) is 12.6. The molecule has 0 bridgehead atoms. The summed E-state index contributed by atoms with van der Waals surface area (Å²) >= 11 is 2.18. The lowest BCUT2D eigenvalue weighted by atomic mass is 9.91. The van der Waals surface area contributed by atoms with Crippen LogP contribution >= 0.6 is 22.6 Å². The Morgan fingerprint density at radius 3 is 2.47 bits per heavy atom. The fraction of sp³-hybridized carbons (Fsp3) is 0.545. The molecule has 1 aliphatic rings. The smallest absolute Gasteiger partial charge is 0.211 e. The normalized spacial score (nSPS) is 19.4. The standard InChI is InChI=1S/C11H15IN2O2S/c1-17(15,16)14-6-4-9(5-7-14)10-2-3-11(12)13-8-10/h2-3,8-9H,4-7H2,1H3. The molecule has 94 valence electrons. The van der Waals surface area contributed by atoms with E-state index in [9.17, 15) is 8.42 Å². The molecule has 1 aliphatic heterocycles. The van der Waals surface area contributed by atoms with E-state index >= 15 is 0 Å². The number of halogens is 1. The first-order valence-electron chi connectivity index (χ1n) is 5.53. The summed E-state index contributed by atoms with van der Waals surface area (Å²) in [5.41, 5.74) is 1.22. The van der Waals surface area contributed by atoms with E-state index in [1.54, 1.807) is 4.31 Å². The van der Waals surface area contributed by atoms with E-state index in [1.807, 2.05) is 12.3 Å². The summed E-state index contributed by atoms with van der Waals surface area (Å²) in [6, 6.07) is 4.09. The second-order valence-electron chi connectivity index (χ2n) is 4.35. The predicted octanol–water partition coefficient (Wildman–Crippen LogP) is 1.83. The van der Waals surface area contributed by atoms with Gasteiger partial charge in [-0.1, -0.05) is 6.07 Å². The number of hydrogen-bond acceptors (Lipinski definition) is 3. The lowest BCUT2D eigenvalue weighted by Gasteiger charge is -2.30. The summed E-state index contributed by atoms with van der Waals surface area (Å²) in [5, 5.41) is 0. The third-order valence-electron chi connectivity index (χ3n) is 3.14. The summed E-state index contributed by atoms with van der Waals surface area (Å²) in [6.07, 6.45) is 4.95. The van der Waals surface area contributed by atoms with Crippen molar-refractivity contribution in [1.82, 2.24) is 9.29 Å². The minimum Gasteiger partial charge on any atom is -0.250 e. The minimum absolute atomic E-state index is 0.442. The van der Waals surface area contributed by atoms with Gasteiger partial charge in [0.15, 0.2) is 0 Å². The van der Waals surface area contributed by atoms with E-state index in [0.717, 1.165) is 16.5 Å². The Labute approximate surface area is 116 Å². The Kier molecular flexibility index (Phi) is 4.04. The van der Waals surface area contributed by atoms with Gasteiger partial charge in [-0.2, -0.15) is 0 Å². The maximum atomic E-state index is 11.4. The topological polar surface area (TPSA) is 50.3 Å². The highest BCUT2D eigenvalue weighted by molar-refractivity contribution is 14.1. The third kappa shape index (κ3) is 3.38. The van der Waals surface area contributed by atoms with Crippen molar-refractivity contribution >= 4 is 32.6 Å². The highest BCUT2D eigenvalue weighted by Gasteiger charge is 2.25. The fourth-order valence-electron chi connectivity index (χ4n) is 2.15. The molecule has 0 amide bonds. The Bertz CT molecular complexity index is 479. The van der Waals surface area contributed by atoms with Crippen LogP contribution in [0, 0.1) is 3.70 Å². The molecule has 1 aromatic heterocycles. The second kappa shape index (κ2) is 5.19. The Morgan fingerprint density at radius 2 is 2.00 bits per heavy atom. The Hall–Kier alpha value is -0.210. The van der Waals surface area contributed by atoms with E-state index in [4.69, 9.17) is 0 Å². The maximum Gasteiger partial charge on any atom is 0.211 e. The number of nitrogens with zero attached hydrogens (tertiary/aromatic N) is 2. The monoisotopic (exact) mass is 366 g/mol. The van der Waals surface area contributed by atoms with Gasteiger partial charge in [-0.05, 0) is 53.0 Å². The molecule has 1 aromatic rings. The van der Waals surface area contributed by atoms with E-state index < -0.39 is 10.0 Å². The van der Waals surface area contributed by atoms with Crippen molar-refractivity contribution in [2.75, 3.05) is 19.3 Å². The number of pyridine rings is 1. The second-order valence-corrected chi connectivity index (χ2v) is 7.44. The fourth-order valence-corrected chi connectivity index (χ4v) is 3.34. The molecule has 4 nitrogen and oxygen atoms in total. The molecule has 0 aliphatic carbocycles. The number of sulfonamides is 1. The van der Waals surface area contributed by atoms with E-state index in [2.05, 4.69) is 33.6 Å². The molecule has 1 fully saturated rings. The predicted molar refractivity (Wildman–Crippen MR) is 75.3 cm³/mol. The van der Waals surface area contributed by atoms with Gasteiger partial charge in [0.25, 0.3) is 0 Å². The van der Waals surface area contributed by atoms with Crippen LogP contribution in [0.3, 0.4) is 0 Å². The minimum atomic E-state index is -3.02. The van der Waals surface area contributed by atoms with Gasteiger partial charge < -0.3 is 0 Å². The molecule has 0 spiro atoms. The van der Waals surface area contributed by atoms with Crippen LogP contribution in [0.15, 0.2) is 18.3 Å². The van der Waals surface area contributed by atoms with Crippen molar-refractivity contribution < 1.29 is 8.42 Å². The van der Waals surface area contributed by atoms with Crippen LogP contribution in [0.5, 0.6) is 0 Å². The number of piperidine rings is 1. The number of aromatic nitrogens is 1. The molecular weight excluding hydrogens is 351 g/mol. The summed E-state index contributed by atoms with van der Waals surface area (Å²) in [7, 11) is -3.02. The Balaban J connectivity index is 2.02. The van der Waals surface area contributed by atoms with Gasteiger partial charge in [-0.15, -0.1) is 0 Å². The van der Waals surface area contributed by atoms with E-state index in [1.165, 1.54) is 11.8 Å². The molecule has 17 heavy (non-hydrogen) atoms. The van der Waals surface area contributed by atoms with Crippen LogP contribution in [0.2, 0.25) is 0 Å². The molecule has 0 saturated carbocycles. The zero-order chi connectivity index (χ0) is 12.5. The van der Waals surface area contributed by atoms with Crippen molar-refractivity contribution in [3.8, 4) is 0 Å². The molecule has 0 radical (unpaired) electrons. The molecule has 2 heterocycles. The molecule has 1 saturated heterocycles. The van der Waals surface area contributed by atoms with Gasteiger partial charge in [0, 0.05) is 19.3 Å². The van der Waals surface area contributed by atoms with Crippen molar-refractivity contribution in [1.29, 1.82) is 0 Å². The van der Waals surface area contributed by atoms with Crippen LogP contribution in [-0.4, -0.2) is 37.1 Å². The van der Waals surface area contributed by atoms with Gasteiger partial charge >= 0.3 is 0 Å². The van der Waals surface area contributed by atoms with Crippen LogP contribution in [0.1, 0.15) is 24.3 Å². The summed E-state index contributed by atoms with van der Waals surface area (Å²) < 4.78 is 25.3. The summed E-state index contributed by atoms with van der Waals surface area (Å²) in [6.45, 7) is 1.24. The molecule has 0 unspecified atom stereocenters. The lowest BCUT2D eigenvalue weighted by Crippen LogP contribution is -2.37. The average molecular weight is 366 g/mol. The Morgan fingerprint density at radius 1 is 1.35 bits per heavy atom. The SMILES string of the molecule is CS(=O)(=O)N1CCC(c2ccc(I)nc2)CC1. The third-order valence-corrected chi connectivity index (χ3v) is 5.09. The van der Waals surface area contributed by atoms with Crippen molar-refractivity contribution in [2.24, 2.45) is 0 Å². The lowest BCUT2D eigenvalue weighted by molar-refractivity contribution is 0.321. The van der Waals surface area contributed by atoms with Crippen LogP contribution < -0.4 is 0 Å². The van der Waals surface area contributed by atoms with Crippen molar-refractivity contribution in [3.05, 3.63) is 27.6 Å². The molecule has 2 rings (SSSR count). The number of hydrogen-bond donors (Lipinski definition) is 0. The van der Waals surface area contributed by atoms with Crippen LogP contribution in [0.25, 0.3) is 0 Å². The number of rotatable bonds is 2. The first-order valence-corrected chi connectivity index (χ1v) is 8.46. The molecule has 0 atom stereocenters. The van der Waals surface area contributed by atoms with Gasteiger partial charge in [0.05, 0.1) is 6.26 Å². The highest BCUT2D eigenvalue weighted by atomic mass is 127. The van der Waals surface area contributed by atoms with Crippen molar-refractivity contribution in [3.63, 3.8) is 0 Å². The zero-order valence-electron chi connectivity index (χ0n) is 9.63. The largest absolute Gasteiger partial charge is 0.250 e. The van der Waals surface area contributed by atoms with Crippen LogP contribution in [-0.2, 0) is 10.0 Å². The average Bonchev–Trinajstić information content (AvgIpc) is 2.29. The van der Waals surface area contributed by atoms with Crippen molar-refractivity contribution in [2.45, 2.75) is 18.8 Å². The molecule has 0 N–H and O–H groups in total. The maximum absolute atomic E-state index is 11.4. The molecule has 6 heteroatoms. The first kappa shape index (κ1) is 13.2. The van der Waals surface area contributed by atoms with Gasteiger partial charge in [0.2, 0.25) is 10.0 Å².